The van der Waals surface area contributed by atoms with Gasteiger partial charge in [-0.25, -0.2) is 4.79 Å². The fourth-order valence-corrected chi connectivity index (χ4v) is 1.09. The highest BCUT2D eigenvalue weighted by atomic mass is 19.4. The van der Waals surface area contributed by atoms with Crippen LogP contribution in [0, 0.1) is 0 Å². The van der Waals surface area contributed by atoms with Gasteiger partial charge < -0.3 is 10.4 Å². The van der Waals surface area contributed by atoms with Crippen LogP contribution >= 0.6 is 0 Å². The molecule has 0 spiro atoms. The van der Waals surface area contributed by atoms with Crippen molar-refractivity contribution < 1.29 is 27.9 Å². The zero-order chi connectivity index (χ0) is 13.1. The molecule has 0 fully saturated rings. The molecule has 0 heterocycles. The molecule has 17 heavy (non-hydrogen) atoms. The Morgan fingerprint density at radius 2 is 1.71 bits per heavy atom. The van der Waals surface area contributed by atoms with Crippen molar-refractivity contribution in [2.75, 3.05) is 0 Å². The highest BCUT2D eigenvalue weighted by Crippen LogP contribution is 2.20. The topological polar surface area (TPSA) is 66.4 Å². The molecule has 0 unspecified atom stereocenters. The first-order valence-electron chi connectivity index (χ1n) is 4.48. The van der Waals surface area contributed by atoms with Gasteiger partial charge in [0.2, 0.25) is 6.04 Å². The van der Waals surface area contributed by atoms with Crippen molar-refractivity contribution in [1.29, 1.82) is 0 Å². The van der Waals surface area contributed by atoms with E-state index in [0.717, 1.165) is 0 Å². The smallest absolute Gasteiger partial charge is 0.419 e. The van der Waals surface area contributed by atoms with Crippen molar-refractivity contribution in [3.8, 4) is 0 Å². The monoisotopic (exact) mass is 247 g/mol. The molecule has 7 heteroatoms. The molecule has 1 atom stereocenters. The number of nitrogens with one attached hydrogen (secondary N) is 1. The lowest BCUT2D eigenvalue weighted by molar-refractivity contribution is -0.178. The van der Waals surface area contributed by atoms with E-state index in [1.165, 1.54) is 29.6 Å². The average Bonchev–Trinajstić information content (AvgIpc) is 2.24. The number of carboxylic acids is 1. The van der Waals surface area contributed by atoms with Crippen molar-refractivity contribution in [3.05, 3.63) is 35.9 Å². The van der Waals surface area contributed by atoms with E-state index >= 15 is 0 Å². The first-order valence-corrected chi connectivity index (χ1v) is 4.48. The van der Waals surface area contributed by atoms with Crippen LogP contribution in [-0.4, -0.2) is 29.2 Å². The molecule has 0 radical (unpaired) electrons. The van der Waals surface area contributed by atoms with E-state index < -0.39 is 24.1 Å². The third kappa shape index (κ3) is 3.47. The lowest BCUT2D eigenvalue weighted by Gasteiger charge is -2.17. The number of aliphatic carboxylic acids is 1. The van der Waals surface area contributed by atoms with Gasteiger partial charge in [0.05, 0.1) is 0 Å². The third-order valence-electron chi connectivity index (χ3n) is 1.89. The highest BCUT2D eigenvalue weighted by molar-refractivity contribution is 5.96. The summed E-state index contributed by atoms with van der Waals surface area (Å²) >= 11 is 0. The van der Waals surface area contributed by atoms with Crippen molar-refractivity contribution in [2.24, 2.45) is 0 Å². The quantitative estimate of drug-likeness (QED) is 0.849. The minimum absolute atomic E-state index is 0.0389. The molecule has 0 saturated carbocycles. The number of carboxylic acid groups (broad SMARTS) is 1. The molecule has 1 rings (SSSR count). The van der Waals surface area contributed by atoms with Gasteiger partial charge >= 0.3 is 12.1 Å². The summed E-state index contributed by atoms with van der Waals surface area (Å²) in [5.74, 6) is -3.24. The van der Waals surface area contributed by atoms with Crippen molar-refractivity contribution in [3.63, 3.8) is 0 Å². The summed E-state index contributed by atoms with van der Waals surface area (Å²) in [6.07, 6.45) is -5.03. The standard InChI is InChI=1S/C10H8F3NO3/c11-10(12,13)7(9(16)17)14-8(15)6-4-2-1-3-5-6/h1-5,7H,(H,14,15)(H,16,17)/t7-/m1/s1. The Morgan fingerprint density at radius 1 is 1.18 bits per heavy atom. The van der Waals surface area contributed by atoms with Crippen LogP contribution in [0.15, 0.2) is 30.3 Å². The van der Waals surface area contributed by atoms with Gasteiger partial charge in [-0.2, -0.15) is 13.2 Å². The van der Waals surface area contributed by atoms with E-state index in [0.29, 0.717) is 0 Å². The maximum absolute atomic E-state index is 12.3. The molecule has 0 aliphatic heterocycles. The van der Waals surface area contributed by atoms with Gasteiger partial charge in [-0.1, -0.05) is 18.2 Å². The molecule has 1 amide bonds. The molecule has 1 aromatic rings. The van der Waals surface area contributed by atoms with Gasteiger partial charge in [-0.3, -0.25) is 4.79 Å². The number of hydrogen-bond donors (Lipinski definition) is 2. The second-order valence-electron chi connectivity index (χ2n) is 3.15. The first kappa shape index (κ1) is 13.0. The zero-order valence-electron chi connectivity index (χ0n) is 8.36. The first-order chi connectivity index (χ1) is 7.82. The highest BCUT2D eigenvalue weighted by Gasteiger charge is 2.46. The van der Waals surface area contributed by atoms with Gasteiger partial charge in [-0.05, 0) is 12.1 Å². The van der Waals surface area contributed by atoms with Crippen LogP contribution in [0.2, 0.25) is 0 Å². The summed E-state index contributed by atoms with van der Waals surface area (Å²) in [5.41, 5.74) is -0.0389. The van der Waals surface area contributed by atoms with Crippen LogP contribution < -0.4 is 5.32 Å². The SMILES string of the molecule is O=C(N[C@H](C(=O)O)C(F)(F)F)c1ccccc1. The van der Waals surface area contributed by atoms with E-state index in [-0.39, 0.29) is 5.56 Å². The molecule has 0 saturated heterocycles. The van der Waals surface area contributed by atoms with Crippen LogP contribution in [0.1, 0.15) is 10.4 Å². The molecule has 0 bridgehead atoms. The summed E-state index contributed by atoms with van der Waals surface area (Å²) < 4.78 is 36.8. The number of halogens is 3. The minimum Gasteiger partial charge on any atom is -0.479 e. The molecular weight excluding hydrogens is 239 g/mol. The molecule has 0 aromatic heterocycles. The van der Waals surface area contributed by atoms with Gasteiger partial charge in [0.15, 0.2) is 0 Å². The number of hydrogen-bond acceptors (Lipinski definition) is 2. The Kier molecular flexibility index (Phi) is 3.72. The van der Waals surface area contributed by atoms with E-state index in [1.807, 2.05) is 0 Å². The molecule has 2 N–H and O–H groups in total. The normalized spacial score (nSPS) is 12.9. The molecule has 1 aromatic carbocycles. The fraction of sp³-hybridized carbons (Fsp3) is 0.200. The number of amides is 1. The largest absolute Gasteiger partial charge is 0.479 e. The fourth-order valence-electron chi connectivity index (χ4n) is 1.09. The van der Waals surface area contributed by atoms with Gasteiger partial charge in [0.1, 0.15) is 0 Å². The number of benzene rings is 1. The van der Waals surface area contributed by atoms with Gasteiger partial charge in [0.25, 0.3) is 5.91 Å². The summed E-state index contributed by atoms with van der Waals surface area (Å²) in [6, 6.07) is 4.15. The molecule has 4 nitrogen and oxygen atoms in total. The number of carbonyl (C=O) groups excluding carboxylic acids is 1. The van der Waals surface area contributed by atoms with Crippen LogP contribution in [0.3, 0.4) is 0 Å². The Bertz CT molecular complexity index is 417. The average molecular weight is 247 g/mol. The second kappa shape index (κ2) is 4.86. The van der Waals surface area contributed by atoms with Crippen LogP contribution in [-0.2, 0) is 4.79 Å². The molecule has 92 valence electrons. The van der Waals surface area contributed by atoms with E-state index in [4.69, 9.17) is 5.11 Å². The Labute approximate surface area is 94.1 Å². The van der Waals surface area contributed by atoms with Crippen LogP contribution in [0.4, 0.5) is 13.2 Å². The summed E-state index contributed by atoms with van der Waals surface area (Å²) in [5, 5.41) is 9.78. The Morgan fingerprint density at radius 3 is 2.12 bits per heavy atom. The Balaban J connectivity index is 2.83. The summed E-state index contributed by atoms with van der Waals surface area (Å²) in [6.45, 7) is 0. The Hall–Kier alpha value is -2.05. The van der Waals surface area contributed by atoms with Crippen molar-refractivity contribution in [2.45, 2.75) is 12.2 Å². The third-order valence-corrected chi connectivity index (χ3v) is 1.89. The number of carbonyl (C=O) groups is 2. The molecule has 0 aliphatic carbocycles. The maximum atomic E-state index is 12.3. The molecule has 0 aliphatic rings. The van der Waals surface area contributed by atoms with E-state index in [9.17, 15) is 22.8 Å². The second-order valence-corrected chi connectivity index (χ2v) is 3.15. The lowest BCUT2D eigenvalue weighted by atomic mass is 10.2. The van der Waals surface area contributed by atoms with Gasteiger partial charge in [0, 0.05) is 5.56 Å². The molecular formula is C10H8F3NO3. The minimum atomic E-state index is -5.03. The summed E-state index contributed by atoms with van der Waals surface area (Å²) in [4.78, 5) is 21.7. The summed E-state index contributed by atoms with van der Waals surface area (Å²) in [7, 11) is 0. The van der Waals surface area contributed by atoms with E-state index in [1.54, 1.807) is 6.07 Å². The van der Waals surface area contributed by atoms with E-state index in [2.05, 4.69) is 0 Å². The van der Waals surface area contributed by atoms with Gasteiger partial charge in [-0.15, -0.1) is 0 Å². The lowest BCUT2D eigenvalue weighted by Crippen LogP contribution is -2.50. The predicted octanol–water partition coefficient (Wildman–Crippen LogP) is 1.43. The van der Waals surface area contributed by atoms with Crippen LogP contribution in [0.5, 0.6) is 0 Å². The number of rotatable bonds is 3. The van der Waals surface area contributed by atoms with Crippen LogP contribution in [0.25, 0.3) is 0 Å². The zero-order valence-corrected chi connectivity index (χ0v) is 8.36. The number of alkyl halides is 3. The van der Waals surface area contributed by atoms with Crippen molar-refractivity contribution in [1.82, 2.24) is 5.32 Å². The van der Waals surface area contributed by atoms with Crippen molar-refractivity contribution >= 4 is 11.9 Å². The maximum Gasteiger partial charge on any atom is 0.419 e. The predicted molar refractivity (Wildman–Crippen MR) is 51.4 cm³/mol.